The van der Waals surface area contributed by atoms with Crippen LogP contribution in [0.3, 0.4) is 0 Å². The van der Waals surface area contributed by atoms with Gasteiger partial charge in [0, 0.05) is 17.9 Å². The minimum Gasteiger partial charge on any atom is -0.489 e. The summed E-state index contributed by atoms with van der Waals surface area (Å²) in [5.74, 6) is 4.73. The number of aliphatic hydroxyl groups is 1. The van der Waals surface area contributed by atoms with E-state index >= 15 is 0 Å². The molecule has 2 atom stereocenters. The molecule has 7 heteroatoms. The molecule has 0 aromatic heterocycles. The molecule has 0 saturated heterocycles. The van der Waals surface area contributed by atoms with Gasteiger partial charge in [-0.2, -0.15) is 13.2 Å². The van der Waals surface area contributed by atoms with E-state index in [-0.39, 0.29) is 24.1 Å². The van der Waals surface area contributed by atoms with Crippen molar-refractivity contribution in [2.45, 2.75) is 84.6 Å². The van der Waals surface area contributed by atoms with E-state index in [2.05, 4.69) is 25.8 Å². The fraction of sp³-hybridized carbons (Fsp3) is 0.483. The van der Waals surface area contributed by atoms with Crippen molar-refractivity contribution < 1.29 is 32.5 Å². The highest BCUT2D eigenvalue weighted by atomic mass is 19.4. The van der Waals surface area contributed by atoms with Crippen molar-refractivity contribution in [1.82, 2.24) is 0 Å². The van der Waals surface area contributed by atoms with E-state index in [0.29, 0.717) is 12.0 Å². The SMILES string of the molecule is CCC(COc1ccc(C(CC)(CC)c2ccc(C#CC(O)C(F)(F)F)c(C)c2)cc1C)OC(C)=O. The molecular weight excluding hydrogens is 469 g/mol. The van der Waals surface area contributed by atoms with Crippen LogP contribution >= 0.6 is 0 Å². The van der Waals surface area contributed by atoms with Gasteiger partial charge in [-0.3, -0.25) is 4.79 Å². The summed E-state index contributed by atoms with van der Waals surface area (Å²) >= 11 is 0. The number of esters is 1. The van der Waals surface area contributed by atoms with Crippen molar-refractivity contribution in [3.8, 4) is 17.6 Å². The molecule has 1 N–H and O–H groups in total. The van der Waals surface area contributed by atoms with Crippen LogP contribution in [0.1, 0.15) is 74.8 Å². The molecule has 4 nitrogen and oxygen atoms in total. The summed E-state index contributed by atoms with van der Waals surface area (Å²) in [4.78, 5) is 11.3. The predicted octanol–water partition coefficient (Wildman–Crippen LogP) is 6.40. The van der Waals surface area contributed by atoms with E-state index in [1.807, 2.05) is 44.0 Å². The Morgan fingerprint density at radius 2 is 1.58 bits per heavy atom. The lowest BCUT2D eigenvalue weighted by atomic mass is 9.70. The third-order valence-corrected chi connectivity index (χ3v) is 6.58. The summed E-state index contributed by atoms with van der Waals surface area (Å²) in [7, 11) is 0. The lowest BCUT2D eigenvalue weighted by molar-refractivity contribution is -0.184. The maximum atomic E-state index is 12.6. The van der Waals surface area contributed by atoms with E-state index < -0.39 is 12.3 Å². The number of carbonyl (C=O) groups is 1. The van der Waals surface area contributed by atoms with Crippen LogP contribution in [0.4, 0.5) is 13.2 Å². The molecule has 0 amide bonds. The first-order chi connectivity index (χ1) is 16.9. The van der Waals surface area contributed by atoms with Crippen LogP contribution < -0.4 is 4.74 Å². The standard InChI is InChI=1S/C29H35F3O4/c1-7-25(36-21(6)33)18-35-26-14-13-24(17-20(26)5)28(8-2,9-3)23-12-10-22(19(4)16-23)11-15-27(34)29(30,31)32/h10,12-14,16-17,25,27,34H,7-9,18H2,1-6H3. The summed E-state index contributed by atoms with van der Waals surface area (Å²) in [6.45, 7) is 11.6. The van der Waals surface area contributed by atoms with Crippen LogP contribution in [0.25, 0.3) is 0 Å². The van der Waals surface area contributed by atoms with Crippen molar-refractivity contribution in [1.29, 1.82) is 0 Å². The Morgan fingerprint density at radius 1 is 1.00 bits per heavy atom. The monoisotopic (exact) mass is 504 g/mol. The molecule has 36 heavy (non-hydrogen) atoms. The maximum Gasteiger partial charge on any atom is 0.425 e. The summed E-state index contributed by atoms with van der Waals surface area (Å²) in [6.07, 6.45) is -5.48. The number of alkyl halides is 3. The molecule has 0 saturated carbocycles. The summed E-state index contributed by atoms with van der Waals surface area (Å²) < 4.78 is 49.0. The Bertz CT molecular complexity index is 1110. The molecule has 0 bridgehead atoms. The summed E-state index contributed by atoms with van der Waals surface area (Å²) in [5.41, 5.74) is 3.98. The molecule has 2 unspecified atom stereocenters. The lowest BCUT2D eigenvalue weighted by Gasteiger charge is -2.34. The summed E-state index contributed by atoms with van der Waals surface area (Å²) in [6, 6.07) is 11.6. The number of aliphatic hydroxyl groups excluding tert-OH is 1. The van der Waals surface area contributed by atoms with Crippen LogP contribution in [0.15, 0.2) is 36.4 Å². The fourth-order valence-electron chi connectivity index (χ4n) is 4.32. The van der Waals surface area contributed by atoms with Crippen LogP contribution in [-0.2, 0) is 14.9 Å². The van der Waals surface area contributed by atoms with E-state index in [9.17, 15) is 23.1 Å². The average molecular weight is 505 g/mol. The maximum absolute atomic E-state index is 12.6. The number of benzene rings is 2. The second-order valence-corrected chi connectivity index (χ2v) is 8.96. The Kier molecular flexibility index (Phi) is 10.0. The van der Waals surface area contributed by atoms with Crippen molar-refractivity contribution in [2.24, 2.45) is 0 Å². The van der Waals surface area contributed by atoms with Gasteiger partial charge < -0.3 is 14.6 Å². The average Bonchev–Trinajstić information content (AvgIpc) is 2.82. The van der Waals surface area contributed by atoms with Crippen LogP contribution in [0.2, 0.25) is 0 Å². The Morgan fingerprint density at radius 3 is 2.06 bits per heavy atom. The van der Waals surface area contributed by atoms with Gasteiger partial charge in [-0.05, 0) is 67.5 Å². The van der Waals surface area contributed by atoms with Crippen molar-refractivity contribution >= 4 is 5.97 Å². The van der Waals surface area contributed by atoms with Gasteiger partial charge in [0.15, 0.2) is 0 Å². The van der Waals surface area contributed by atoms with Gasteiger partial charge in [0.1, 0.15) is 18.5 Å². The fourth-order valence-corrected chi connectivity index (χ4v) is 4.32. The van der Waals surface area contributed by atoms with Crippen molar-refractivity contribution in [3.63, 3.8) is 0 Å². The highest BCUT2D eigenvalue weighted by Gasteiger charge is 2.37. The second kappa shape index (κ2) is 12.3. The van der Waals surface area contributed by atoms with Gasteiger partial charge in [0.05, 0.1) is 0 Å². The minimum atomic E-state index is -4.77. The van der Waals surface area contributed by atoms with E-state index in [1.165, 1.54) is 6.92 Å². The first-order valence-electron chi connectivity index (χ1n) is 12.2. The van der Waals surface area contributed by atoms with Gasteiger partial charge in [-0.1, -0.05) is 56.9 Å². The van der Waals surface area contributed by atoms with Gasteiger partial charge >= 0.3 is 12.1 Å². The first-order valence-corrected chi connectivity index (χ1v) is 12.2. The Balaban J connectivity index is 2.35. The third-order valence-electron chi connectivity index (χ3n) is 6.58. The van der Waals surface area contributed by atoms with Crippen molar-refractivity contribution in [3.05, 3.63) is 64.2 Å². The topological polar surface area (TPSA) is 55.8 Å². The second-order valence-electron chi connectivity index (χ2n) is 8.96. The normalized spacial score (nSPS) is 13.4. The molecule has 0 spiro atoms. The zero-order valence-corrected chi connectivity index (χ0v) is 21.8. The molecule has 2 rings (SSSR count). The van der Waals surface area contributed by atoms with Crippen molar-refractivity contribution in [2.75, 3.05) is 6.61 Å². The molecule has 0 radical (unpaired) electrons. The summed E-state index contributed by atoms with van der Waals surface area (Å²) in [5, 5.41) is 9.19. The molecule has 0 aliphatic rings. The Labute approximate surface area is 211 Å². The molecule has 0 aliphatic heterocycles. The molecule has 196 valence electrons. The first kappa shape index (κ1) is 29.3. The van der Waals surface area contributed by atoms with Gasteiger partial charge in [0.2, 0.25) is 6.10 Å². The zero-order valence-electron chi connectivity index (χ0n) is 21.8. The van der Waals surface area contributed by atoms with E-state index in [1.54, 1.807) is 13.0 Å². The number of halogens is 3. The lowest BCUT2D eigenvalue weighted by Crippen LogP contribution is -2.27. The van der Waals surface area contributed by atoms with Crippen LogP contribution in [0.5, 0.6) is 5.75 Å². The van der Waals surface area contributed by atoms with Gasteiger partial charge in [0.25, 0.3) is 0 Å². The number of aryl methyl sites for hydroxylation is 2. The van der Waals surface area contributed by atoms with E-state index in [0.717, 1.165) is 40.8 Å². The largest absolute Gasteiger partial charge is 0.489 e. The Hall–Kier alpha value is -2.98. The number of hydrogen-bond donors (Lipinski definition) is 1. The highest BCUT2D eigenvalue weighted by molar-refractivity contribution is 5.66. The number of hydrogen-bond acceptors (Lipinski definition) is 4. The third kappa shape index (κ3) is 7.04. The minimum absolute atomic E-state index is 0.272. The highest BCUT2D eigenvalue weighted by Crippen LogP contribution is 2.41. The van der Waals surface area contributed by atoms with Gasteiger partial charge in [-0.25, -0.2) is 0 Å². The van der Waals surface area contributed by atoms with Gasteiger partial charge in [-0.15, -0.1) is 0 Å². The number of carbonyl (C=O) groups excluding carboxylic acids is 1. The molecular formula is C29H35F3O4. The molecule has 2 aromatic carbocycles. The van der Waals surface area contributed by atoms with Crippen LogP contribution in [0, 0.1) is 25.7 Å². The molecule has 0 fully saturated rings. The smallest absolute Gasteiger partial charge is 0.425 e. The quantitative estimate of drug-likeness (QED) is 0.317. The molecule has 2 aromatic rings. The van der Waals surface area contributed by atoms with E-state index in [4.69, 9.17) is 9.47 Å². The van der Waals surface area contributed by atoms with Crippen LogP contribution in [-0.4, -0.2) is 36.1 Å². The number of ether oxygens (including phenoxy) is 2. The predicted molar refractivity (Wildman–Crippen MR) is 134 cm³/mol. The zero-order chi connectivity index (χ0) is 27.1. The number of rotatable bonds is 9. The molecule has 0 heterocycles. The molecule has 0 aliphatic carbocycles.